The molecular weight excluding hydrogens is 289 g/mol. The molecule has 0 aliphatic carbocycles. The molecule has 0 N–H and O–H groups in total. The zero-order chi connectivity index (χ0) is 15.4. The third-order valence-electron chi connectivity index (χ3n) is 4.17. The minimum absolute atomic E-state index is 0. The number of ether oxygens (including phenoxy) is 2. The van der Waals surface area contributed by atoms with Crippen molar-refractivity contribution in [2.24, 2.45) is 5.92 Å². The van der Waals surface area contributed by atoms with Gasteiger partial charge in [0.2, 0.25) is 0 Å². The Morgan fingerprint density at radius 2 is 2.04 bits per heavy atom. The van der Waals surface area contributed by atoms with E-state index < -0.39 is 0 Å². The molecule has 121 valence electrons. The number of carbonyl (C=O) groups excluding carboxylic acids is 1. The third-order valence-corrected chi connectivity index (χ3v) is 4.17. The summed E-state index contributed by atoms with van der Waals surface area (Å²) in [6.07, 6.45) is 2.46. The van der Waals surface area contributed by atoms with Crippen LogP contribution in [-0.2, 0) is 14.4 Å². The van der Waals surface area contributed by atoms with Crippen LogP contribution in [0.15, 0.2) is 24.3 Å². The van der Waals surface area contributed by atoms with Gasteiger partial charge in [-0.2, -0.15) is 0 Å². The van der Waals surface area contributed by atoms with E-state index in [4.69, 9.17) is 14.3 Å². The normalized spacial score (nSPS) is 22.4. The molecule has 5 nitrogen and oxygen atoms in total. The predicted octanol–water partition coefficient (Wildman–Crippen LogP) is 1.95. The van der Waals surface area contributed by atoms with Crippen molar-refractivity contribution < 1.29 is 19.1 Å². The number of nitrogens with zero attached hydrogens (tertiary/aromatic N) is 1. The van der Waals surface area contributed by atoms with Gasteiger partial charge < -0.3 is 14.3 Å². The maximum Gasteiger partial charge on any atom is 0.328 e. The molecule has 1 radical (unpaired) electrons. The summed E-state index contributed by atoms with van der Waals surface area (Å²) in [5, 5.41) is 1.73. The van der Waals surface area contributed by atoms with Crippen molar-refractivity contribution in [3.8, 4) is 5.75 Å². The molecule has 1 atom stereocenters. The SMILES string of the molecule is Cc1cccc(O[C@@H]2CCN(OC(=O)C3CCOCC3)C2)c1.[Li]. The van der Waals surface area contributed by atoms with E-state index in [0.29, 0.717) is 19.8 Å². The molecule has 0 aromatic heterocycles. The Kier molecular flexibility index (Phi) is 6.98. The Morgan fingerprint density at radius 1 is 1.26 bits per heavy atom. The molecule has 2 aliphatic rings. The molecule has 6 heteroatoms. The van der Waals surface area contributed by atoms with Gasteiger partial charge in [-0.3, -0.25) is 4.79 Å². The van der Waals surface area contributed by atoms with E-state index in [9.17, 15) is 4.79 Å². The van der Waals surface area contributed by atoms with E-state index in [1.807, 2.05) is 31.2 Å². The van der Waals surface area contributed by atoms with Crippen LogP contribution in [0.4, 0.5) is 0 Å². The first-order valence-electron chi connectivity index (χ1n) is 7.98. The molecule has 2 aliphatic heterocycles. The van der Waals surface area contributed by atoms with Crippen LogP contribution in [0, 0.1) is 12.8 Å². The summed E-state index contributed by atoms with van der Waals surface area (Å²) >= 11 is 0. The van der Waals surface area contributed by atoms with Gasteiger partial charge in [0.1, 0.15) is 11.9 Å². The number of carbonyl (C=O) groups is 1. The molecule has 0 spiro atoms. The molecule has 2 fully saturated rings. The van der Waals surface area contributed by atoms with E-state index in [1.165, 1.54) is 5.56 Å². The number of hydrogen-bond acceptors (Lipinski definition) is 5. The van der Waals surface area contributed by atoms with Crippen molar-refractivity contribution in [1.82, 2.24) is 5.06 Å². The summed E-state index contributed by atoms with van der Waals surface area (Å²) in [6, 6.07) is 8.02. The van der Waals surface area contributed by atoms with Crippen LogP contribution in [0.1, 0.15) is 24.8 Å². The predicted molar refractivity (Wildman–Crippen MR) is 87.2 cm³/mol. The van der Waals surface area contributed by atoms with Gasteiger partial charge in [0.05, 0.1) is 12.5 Å². The Hall–Kier alpha value is -0.993. The van der Waals surface area contributed by atoms with Crippen molar-refractivity contribution in [2.75, 3.05) is 26.3 Å². The standard InChI is InChI=1S/C17H23NO4.Li/c1-13-3-2-4-15(11-13)21-16-5-8-18(12-16)22-17(19)14-6-9-20-10-7-14;/h2-4,11,14,16H,5-10,12H2,1H3;/t16-;/m1./s1. The summed E-state index contributed by atoms with van der Waals surface area (Å²) in [4.78, 5) is 17.6. The van der Waals surface area contributed by atoms with Crippen molar-refractivity contribution in [2.45, 2.75) is 32.3 Å². The summed E-state index contributed by atoms with van der Waals surface area (Å²) < 4.78 is 11.2. The minimum Gasteiger partial charge on any atom is -0.489 e. The van der Waals surface area contributed by atoms with E-state index in [1.54, 1.807) is 5.06 Å². The average Bonchev–Trinajstić information content (AvgIpc) is 2.95. The van der Waals surface area contributed by atoms with Gasteiger partial charge in [0.15, 0.2) is 0 Å². The number of rotatable bonds is 4. The summed E-state index contributed by atoms with van der Waals surface area (Å²) in [6.45, 7) is 4.70. The molecule has 0 bridgehead atoms. The molecule has 0 unspecified atom stereocenters. The summed E-state index contributed by atoms with van der Waals surface area (Å²) in [7, 11) is 0. The van der Waals surface area contributed by atoms with E-state index in [2.05, 4.69) is 0 Å². The maximum atomic E-state index is 12.1. The molecule has 1 aromatic carbocycles. The van der Waals surface area contributed by atoms with Crippen LogP contribution < -0.4 is 4.74 Å². The second-order valence-corrected chi connectivity index (χ2v) is 6.03. The van der Waals surface area contributed by atoms with Gasteiger partial charge in [0, 0.05) is 45.0 Å². The van der Waals surface area contributed by atoms with E-state index in [0.717, 1.165) is 31.6 Å². The quantitative estimate of drug-likeness (QED) is 0.795. The smallest absolute Gasteiger partial charge is 0.328 e. The Bertz CT molecular complexity index is 519. The largest absolute Gasteiger partial charge is 0.489 e. The molecule has 23 heavy (non-hydrogen) atoms. The summed E-state index contributed by atoms with van der Waals surface area (Å²) in [5.74, 6) is 0.729. The van der Waals surface area contributed by atoms with Crippen LogP contribution in [0.25, 0.3) is 0 Å². The van der Waals surface area contributed by atoms with Crippen molar-refractivity contribution in [3.63, 3.8) is 0 Å². The van der Waals surface area contributed by atoms with Crippen LogP contribution in [-0.4, -0.2) is 62.3 Å². The third kappa shape index (κ3) is 5.25. The first-order chi connectivity index (χ1) is 10.7. The average molecular weight is 312 g/mol. The number of hydroxylamine groups is 2. The number of aryl methyl sites for hydroxylation is 1. The van der Waals surface area contributed by atoms with Crippen molar-refractivity contribution in [1.29, 1.82) is 0 Å². The van der Waals surface area contributed by atoms with Gasteiger partial charge in [-0.1, -0.05) is 12.1 Å². The maximum absolute atomic E-state index is 12.1. The first kappa shape index (κ1) is 18.3. The zero-order valence-corrected chi connectivity index (χ0v) is 14.0. The van der Waals surface area contributed by atoms with Gasteiger partial charge in [-0.05, 0) is 37.5 Å². The molecule has 3 rings (SSSR count). The topological polar surface area (TPSA) is 48.0 Å². The van der Waals surface area contributed by atoms with Crippen LogP contribution in [0.2, 0.25) is 0 Å². The van der Waals surface area contributed by atoms with Gasteiger partial charge in [0.25, 0.3) is 0 Å². The van der Waals surface area contributed by atoms with Gasteiger partial charge >= 0.3 is 5.97 Å². The fourth-order valence-corrected chi connectivity index (χ4v) is 2.89. The fourth-order valence-electron chi connectivity index (χ4n) is 2.89. The molecule has 0 saturated carbocycles. The number of hydrogen-bond donors (Lipinski definition) is 0. The molecule has 0 amide bonds. The minimum atomic E-state index is -0.125. The van der Waals surface area contributed by atoms with E-state index >= 15 is 0 Å². The molecule has 2 heterocycles. The Morgan fingerprint density at radius 3 is 2.78 bits per heavy atom. The fraction of sp³-hybridized carbons (Fsp3) is 0.588. The Labute approximate surface area is 149 Å². The first-order valence-corrected chi connectivity index (χ1v) is 7.98. The van der Waals surface area contributed by atoms with E-state index in [-0.39, 0.29) is 36.9 Å². The number of benzene rings is 1. The second kappa shape index (κ2) is 8.75. The monoisotopic (exact) mass is 312 g/mol. The van der Waals surface area contributed by atoms with Crippen LogP contribution in [0.5, 0.6) is 5.75 Å². The van der Waals surface area contributed by atoms with Crippen LogP contribution in [0.3, 0.4) is 0 Å². The molecule has 2 saturated heterocycles. The molecular formula is C17H23LiNO4. The van der Waals surface area contributed by atoms with Crippen LogP contribution >= 0.6 is 0 Å². The van der Waals surface area contributed by atoms with Gasteiger partial charge in [-0.25, -0.2) is 0 Å². The van der Waals surface area contributed by atoms with Crippen molar-refractivity contribution >= 4 is 24.8 Å². The summed E-state index contributed by atoms with van der Waals surface area (Å²) in [5.41, 5.74) is 1.18. The van der Waals surface area contributed by atoms with Crippen molar-refractivity contribution in [3.05, 3.63) is 29.8 Å². The second-order valence-electron chi connectivity index (χ2n) is 6.03. The van der Waals surface area contributed by atoms with Gasteiger partial charge in [-0.15, -0.1) is 5.06 Å². The Balaban J connectivity index is 0.00000192. The molecule has 1 aromatic rings. The zero-order valence-electron chi connectivity index (χ0n) is 14.0.